The molecule has 6 saturated carbocycles. The monoisotopic (exact) mass is 1080 g/mol. The Morgan fingerprint density at radius 2 is 0.811 bits per heavy atom. The number of fused-ring (bicyclic) bond motifs is 2. The highest BCUT2D eigenvalue weighted by atomic mass is 19.4. The first kappa shape index (κ1) is 57.5. The molecule has 0 N–H and O–H groups in total. The van der Waals surface area contributed by atoms with E-state index in [0.717, 1.165) is 24.8 Å². The summed E-state index contributed by atoms with van der Waals surface area (Å²) in [7, 11) is 1.13. The Labute approximate surface area is 426 Å². The molecule has 0 radical (unpaired) electrons. The Hall–Kier alpha value is -2.64. The molecule has 2 saturated heterocycles. The van der Waals surface area contributed by atoms with E-state index in [1.54, 1.807) is 0 Å². The van der Waals surface area contributed by atoms with Crippen LogP contribution in [0.1, 0.15) is 151 Å². The molecule has 2 heterocycles. The van der Waals surface area contributed by atoms with Crippen LogP contribution >= 0.6 is 0 Å². The summed E-state index contributed by atoms with van der Waals surface area (Å²) in [5.74, 6) is -16.8. The zero-order chi connectivity index (χ0) is 54.7. The molecule has 16 unspecified atom stereocenters. The number of amides is 4. The summed E-state index contributed by atoms with van der Waals surface area (Å²) in [6.07, 6.45) is -25.3. The van der Waals surface area contributed by atoms with E-state index in [1.165, 1.54) is 0 Å². The van der Waals surface area contributed by atoms with Gasteiger partial charge < -0.3 is 9.47 Å². The van der Waals surface area contributed by atoms with Crippen molar-refractivity contribution >= 4 is 23.6 Å². The van der Waals surface area contributed by atoms with Crippen molar-refractivity contribution in [2.24, 2.45) is 99.6 Å². The number of alkyl halides is 12. The average molecular weight is 1080 g/mol. The SMILES string of the molecule is CC1CCC(OC2C(C)CC(C(C)(C)C3CC(C)C(OC4CCC(N5C(=O)C6CCC(C(C7CCC8C(=O)N(C)C(=O)C8C7)(C(F)(F)F)C(F)(F)F)CC6C5=O)CC4C(F)(F)F)C(C)C3)CC2C)C(C(F)(F)F)C1. The number of rotatable bonds is 9. The maximum atomic E-state index is 15.4. The highest BCUT2D eigenvalue weighted by Gasteiger charge is 2.78. The second kappa shape index (κ2) is 20.2. The molecule has 8 fully saturated rings. The van der Waals surface area contributed by atoms with Gasteiger partial charge in [0.05, 0.1) is 59.9 Å². The molecule has 422 valence electrons. The van der Waals surface area contributed by atoms with Crippen LogP contribution < -0.4 is 0 Å². The predicted molar refractivity (Wildman–Crippen MR) is 246 cm³/mol. The zero-order valence-corrected chi connectivity index (χ0v) is 43.7. The second-order valence-electron chi connectivity index (χ2n) is 25.6. The van der Waals surface area contributed by atoms with Gasteiger partial charge in [0.25, 0.3) is 0 Å². The lowest BCUT2D eigenvalue weighted by molar-refractivity contribution is -0.383. The average Bonchev–Trinajstić information content (AvgIpc) is 3.66. The van der Waals surface area contributed by atoms with Gasteiger partial charge in [0, 0.05) is 13.1 Å². The minimum absolute atomic E-state index is 0.00777. The summed E-state index contributed by atoms with van der Waals surface area (Å²) in [6, 6.07) is -1.31. The molecule has 0 aromatic rings. The maximum absolute atomic E-state index is 15.4. The van der Waals surface area contributed by atoms with Gasteiger partial charge in [-0.25, -0.2) is 0 Å². The highest BCUT2D eigenvalue weighted by Crippen LogP contribution is 2.67. The number of carbonyl (C=O) groups is 4. The molecule has 20 heteroatoms. The molecule has 0 aromatic carbocycles. The molecule has 0 bridgehead atoms. The molecule has 6 aliphatic carbocycles. The topological polar surface area (TPSA) is 93.2 Å². The van der Waals surface area contributed by atoms with Crippen molar-refractivity contribution in [2.75, 3.05) is 7.05 Å². The number of nitrogens with zero attached hydrogens (tertiary/aromatic N) is 2. The fourth-order valence-electron chi connectivity index (χ4n) is 17.0. The van der Waals surface area contributed by atoms with Crippen molar-refractivity contribution in [1.82, 2.24) is 9.80 Å². The molecule has 16 atom stereocenters. The van der Waals surface area contributed by atoms with Crippen LogP contribution in [0.3, 0.4) is 0 Å². The number of likely N-dealkylation sites (tertiary alicyclic amines) is 2. The minimum Gasteiger partial charge on any atom is -0.374 e. The quantitative estimate of drug-likeness (QED) is 0.169. The van der Waals surface area contributed by atoms with Gasteiger partial charge >= 0.3 is 24.7 Å². The van der Waals surface area contributed by atoms with Gasteiger partial charge in [-0.3, -0.25) is 29.0 Å². The molecule has 8 aliphatic rings. The Kier molecular flexibility index (Phi) is 15.7. The number of halogens is 12. The van der Waals surface area contributed by atoms with E-state index >= 15 is 39.5 Å². The lowest BCUT2D eigenvalue weighted by atomic mass is 9.54. The van der Waals surface area contributed by atoms with Crippen molar-refractivity contribution in [2.45, 2.75) is 206 Å². The normalized spacial score (nSPS) is 42.4. The maximum Gasteiger partial charge on any atom is 0.403 e. The second-order valence-corrected chi connectivity index (χ2v) is 25.6. The van der Waals surface area contributed by atoms with Gasteiger partial charge in [0.1, 0.15) is 0 Å². The van der Waals surface area contributed by atoms with Crippen LogP contribution in [0, 0.1) is 99.6 Å². The van der Waals surface area contributed by atoms with E-state index in [4.69, 9.17) is 9.47 Å². The molecule has 4 amide bonds. The molecule has 8 rings (SSSR count). The third-order valence-electron chi connectivity index (χ3n) is 21.0. The summed E-state index contributed by atoms with van der Waals surface area (Å²) >= 11 is 0. The number of imide groups is 2. The molecule has 2 aliphatic heterocycles. The molecule has 0 aromatic heterocycles. The summed E-state index contributed by atoms with van der Waals surface area (Å²) in [5.41, 5.74) is -4.62. The first-order valence-electron chi connectivity index (χ1n) is 27.4. The Morgan fingerprint density at radius 1 is 0.432 bits per heavy atom. The van der Waals surface area contributed by atoms with Crippen molar-refractivity contribution in [1.29, 1.82) is 0 Å². The largest absolute Gasteiger partial charge is 0.403 e. The van der Waals surface area contributed by atoms with Crippen LogP contribution in [-0.2, 0) is 28.7 Å². The van der Waals surface area contributed by atoms with Crippen molar-refractivity contribution in [3.05, 3.63) is 0 Å². The molecular formula is C54H76F12N2O6. The van der Waals surface area contributed by atoms with E-state index in [2.05, 4.69) is 27.7 Å². The third kappa shape index (κ3) is 10.1. The Balaban J connectivity index is 0.915. The van der Waals surface area contributed by atoms with Gasteiger partial charge in [-0.05, 0) is 161 Å². The fourth-order valence-corrected chi connectivity index (χ4v) is 17.0. The van der Waals surface area contributed by atoms with Crippen molar-refractivity contribution < 1.29 is 81.3 Å². The molecule has 74 heavy (non-hydrogen) atoms. The van der Waals surface area contributed by atoms with E-state index < -0.39 is 164 Å². The van der Waals surface area contributed by atoms with Crippen LogP contribution in [-0.4, -0.2) is 95.6 Å². The Bertz CT molecular complexity index is 2060. The van der Waals surface area contributed by atoms with Crippen LogP contribution in [0.15, 0.2) is 0 Å². The van der Waals surface area contributed by atoms with E-state index in [0.29, 0.717) is 30.6 Å². The molecular weight excluding hydrogens is 1000 g/mol. The summed E-state index contributed by atoms with van der Waals surface area (Å²) in [5, 5.41) is 0. The first-order chi connectivity index (χ1) is 34.1. The van der Waals surface area contributed by atoms with Gasteiger partial charge in [0.2, 0.25) is 23.6 Å². The van der Waals surface area contributed by atoms with Crippen molar-refractivity contribution in [3.8, 4) is 0 Å². The molecule has 8 nitrogen and oxygen atoms in total. The smallest absolute Gasteiger partial charge is 0.374 e. The summed E-state index contributed by atoms with van der Waals surface area (Å²) in [4.78, 5) is 55.2. The number of carbonyl (C=O) groups excluding carboxylic acids is 4. The fraction of sp³-hybridized carbons (Fsp3) is 0.926. The number of ether oxygens (including phenoxy) is 2. The van der Waals surface area contributed by atoms with E-state index in [-0.39, 0.29) is 78.6 Å². The highest BCUT2D eigenvalue weighted by molar-refractivity contribution is 6.06. The number of hydrogen-bond donors (Lipinski definition) is 0. The van der Waals surface area contributed by atoms with Gasteiger partial charge in [-0.15, -0.1) is 0 Å². The number of hydrogen-bond acceptors (Lipinski definition) is 6. The minimum atomic E-state index is -5.91. The van der Waals surface area contributed by atoms with Crippen LogP contribution in [0.4, 0.5) is 52.7 Å². The third-order valence-corrected chi connectivity index (χ3v) is 21.0. The van der Waals surface area contributed by atoms with Crippen LogP contribution in [0.2, 0.25) is 0 Å². The Morgan fingerprint density at radius 3 is 1.24 bits per heavy atom. The summed E-state index contributed by atoms with van der Waals surface area (Å²) < 4.78 is 193. The van der Waals surface area contributed by atoms with E-state index in [1.807, 2.05) is 20.8 Å². The van der Waals surface area contributed by atoms with Crippen LogP contribution in [0.5, 0.6) is 0 Å². The van der Waals surface area contributed by atoms with Crippen LogP contribution in [0.25, 0.3) is 0 Å². The summed E-state index contributed by atoms with van der Waals surface area (Å²) in [6.45, 7) is 14.3. The molecule has 0 spiro atoms. The lowest BCUT2D eigenvalue weighted by Crippen LogP contribution is -2.61. The standard InChI is InChI=1S/C54H76F12N2O6/c1-25-9-15-41(39(17-25)51(55,56)57)73-43-26(2)18-32(19-27(43)3)49(6,7)33-20-28(4)44(29(5)21-33)74-42-16-12-34(24-40(42)52(58,59)60)68-47(71)36-14-11-31(23-38(36)48(68)72)50(53(61,62)63,54(64,65)66)30-10-13-35-37(22-30)46(70)67(8)45(35)69/h25-44H,9-24H2,1-8H3. The van der Waals surface area contributed by atoms with Gasteiger partial charge in [-0.2, -0.15) is 52.7 Å². The van der Waals surface area contributed by atoms with Gasteiger partial charge in [0.15, 0.2) is 5.41 Å². The van der Waals surface area contributed by atoms with E-state index in [9.17, 15) is 32.3 Å². The predicted octanol–water partition coefficient (Wildman–Crippen LogP) is 13.2. The first-order valence-corrected chi connectivity index (χ1v) is 27.4. The van der Waals surface area contributed by atoms with Crippen molar-refractivity contribution in [3.63, 3.8) is 0 Å². The lowest BCUT2D eigenvalue weighted by Gasteiger charge is -2.53. The van der Waals surface area contributed by atoms with Gasteiger partial charge in [-0.1, -0.05) is 48.5 Å². The zero-order valence-electron chi connectivity index (χ0n) is 43.7.